The number of ether oxygens (including phenoxy) is 1. The topological polar surface area (TPSA) is 90.4 Å². The Morgan fingerprint density at radius 1 is 1.91 bits per heavy atom. The first-order valence-corrected chi connectivity index (χ1v) is 2.83. The fourth-order valence-corrected chi connectivity index (χ4v) is 0.515. The number of carbonyl (C=O) groups is 1. The van der Waals surface area contributed by atoms with Crippen molar-refractivity contribution in [3.05, 3.63) is 12.2 Å². The molecule has 11 heavy (non-hydrogen) atoms. The lowest BCUT2D eigenvalue weighted by molar-refractivity contribution is 0.198. The maximum atomic E-state index is 10.5. The highest BCUT2D eigenvalue weighted by Crippen LogP contribution is 2.08. The van der Waals surface area contributed by atoms with Crippen LogP contribution in [0.4, 0.5) is 4.79 Å². The summed E-state index contributed by atoms with van der Waals surface area (Å²) in [4.78, 5) is 14.1. The number of nitrogens with zero attached hydrogens (tertiary/aromatic N) is 1. The molecule has 0 aromatic carbocycles. The smallest absolute Gasteiger partial charge is 0.428 e. The summed E-state index contributed by atoms with van der Waals surface area (Å²) in [7, 11) is 0. The van der Waals surface area contributed by atoms with E-state index in [1.54, 1.807) is 12.3 Å². The van der Waals surface area contributed by atoms with Crippen LogP contribution in [0.3, 0.4) is 0 Å². The molecule has 0 saturated carbocycles. The first-order chi connectivity index (χ1) is 5.22. The van der Waals surface area contributed by atoms with Gasteiger partial charge in [-0.15, -0.1) is 0 Å². The summed E-state index contributed by atoms with van der Waals surface area (Å²) >= 11 is 0. The lowest BCUT2D eigenvalue weighted by atomic mass is 10.8. The first-order valence-electron chi connectivity index (χ1n) is 2.83. The summed E-state index contributed by atoms with van der Waals surface area (Å²) in [6.45, 7) is 1.63. The second-order valence-corrected chi connectivity index (χ2v) is 1.74. The Kier molecular flexibility index (Phi) is 2.07. The maximum absolute atomic E-state index is 10.5. The Hall–Kier alpha value is -1.56. The van der Waals surface area contributed by atoms with E-state index in [1.165, 1.54) is 6.26 Å². The van der Waals surface area contributed by atoms with Gasteiger partial charge in [-0.25, -0.2) is 10.6 Å². The van der Waals surface area contributed by atoms with Gasteiger partial charge < -0.3 is 9.15 Å². The Balaban J connectivity index is 2.57. The number of carbonyl (C=O) groups excluding carboxylic acids is 1. The van der Waals surface area contributed by atoms with E-state index in [9.17, 15) is 4.79 Å². The van der Waals surface area contributed by atoms with Gasteiger partial charge >= 0.3 is 6.09 Å². The van der Waals surface area contributed by atoms with E-state index in [1.807, 2.05) is 0 Å². The Morgan fingerprint density at radius 3 is 3.09 bits per heavy atom. The molecule has 0 unspecified atom stereocenters. The monoisotopic (exact) mass is 157 g/mol. The van der Waals surface area contributed by atoms with Crippen molar-refractivity contribution in [1.29, 1.82) is 0 Å². The minimum atomic E-state index is -0.779. The van der Waals surface area contributed by atoms with E-state index in [4.69, 9.17) is 10.3 Å². The van der Waals surface area contributed by atoms with Gasteiger partial charge in [0.2, 0.25) is 0 Å². The van der Waals surface area contributed by atoms with Gasteiger partial charge in [0.1, 0.15) is 0 Å². The fraction of sp³-hybridized carbons (Fsp3) is 0.200. The summed E-state index contributed by atoms with van der Waals surface area (Å²) in [5.74, 6) is 5.25. The molecule has 0 atom stereocenters. The van der Waals surface area contributed by atoms with Crippen LogP contribution in [-0.2, 0) is 0 Å². The molecule has 0 radical (unpaired) electrons. The van der Waals surface area contributed by atoms with E-state index in [2.05, 4.69) is 9.72 Å². The molecule has 6 nitrogen and oxygen atoms in total. The van der Waals surface area contributed by atoms with Crippen LogP contribution in [0.2, 0.25) is 0 Å². The predicted octanol–water partition coefficient (Wildman–Crippen LogP) is -0.0549. The number of hydrazine groups is 1. The summed E-state index contributed by atoms with van der Waals surface area (Å²) < 4.78 is 9.26. The molecule has 0 aliphatic rings. The van der Waals surface area contributed by atoms with Gasteiger partial charge in [0.05, 0.1) is 0 Å². The van der Waals surface area contributed by atoms with Gasteiger partial charge in [-0.05, 0) is 0 Å². The van der Waals surface area contributed by atoms with Gasteiger partial charge in [0.25, 0.3) is 5.88 Å². The van der Waals surface area contributed by atoms with Crippen LogP contribution in [0.15, 0.2) is 10.7 Å². The third-order valence-corrected chi connectivity index (χ3v) is 0.913. The quantitative estimate of drug-likeness (QED) is 0.338. The number of nitrogens with two attached hydrogens (primary N) is 1. The van der Waals surface area contributed by atoms with Gasteiger partial charge in [-0.1, -0.05) is 0 Å². The van der Waals surface area contributed by atoms with Gasteiger partial charge in [0, 0.05) is 6.92 Å². The molecule has 3 N–H and O–H groups in total. The standard InChI is InChI=1S/C5H7N3O3/c1-3-7-4(2-10-3)11-5(9)8-6/h2H,6H2,1H3,(H,8,9). The maximum Gasteiger partial charge on any atom is 0.428 e. The largest absolute Gasteiger partial charge is 0.445 e. The van der Waals surface area contributed by atoms with Crippen molar-refractivity contribution in [3.63, 3.8) is 0 Å². The van der Waals surface area contributed by atoms with Crippen LogP contribution < -0.4 is 16.0 Å². The average Bonchev–Trinajstić information content (AvgIpc) is 2.35. The van der Waals surface area contributed by atoms with Crippen LogP contribution >= 0.6 is 0 Å². The highest BCUT2D eigenvalue weighted by atomic mass is 16.6. The van der Waals surface area contributed by atoms with Crippen molar-refractivity contribution >= 4 is 6.09 Å². The van der Waals surface area contributed by atoms with Crippen LogP contribution in [-0.4, -0.2) is 11.1 Å². The molecule has 0 aliphatic heterocycles. The highest BCUT2D eigenvalue weighted by molar-refractivity contribution is 5.68. The summed E-state index contributed by atoms with van der Waals surface area (Å²) in [5.41, 5.74) is 1.78. The minimum Gasteiger partial charge on any atom is -0.445 e. The Labute approximate surface area is 62.3 Å². The van der Waals surface area contributed by atoms with E-state index in [0.717, 1.165) is 0 Å². The number of hydrogen-bond donors (Lipinski definition) is 2. The first kappa shape index (κ1) is 7.55. The third kappa shape index (κ3) is 1.94. The Bertz CT molecular complexity index is 257. The molecular formula is C5H7N3O3. The molecule has 60 valence electrons. The zero-order chi connectivity index (χ0) is 8.27. The number of amides is 1. The summed E-state index contributed by atoms with van der Waals surface area (Å²) in [6, 6.07) is 0. The fourth-order valence-electron chi connectivity index (χ4n) is 0.515. The molecule has 0 aliphatic carbocycles. The average molecular weight is 157 g/mol. The van der Waals surface area contributed by atoms with Crippen LogP contribution in [0.25, 0.3) is 0 Å². The van der Waals surface area contributed by atoms with E-state index in [-0.39, 0.29) is 5.88 Å². The molecule has 1 aromatic rings. The van der Waals surface area contributed by atoms with Crippen molar-refractivity contribution in [1.82, 2.24) is 10.4 Å². The molecule has 1 rings (SSSR count). The van der Waals surface area contributed by atoms with Gasteiger partial charge in [-0.2, -0.15) is 4.98 Å². The zero-order valence-corrected chi connectivity index (χ0v) is 5.83. The van der Waals surface area contributed by atoms with E-state index >= 15 is 0 Å². The highest BCUT2D eigenvalue weighted by Gasteiger charge is 2.04. The lowest BCUT2D eigenvalue weighted by Crippen LogP contribution is -2.32. The van der Waals surface area contributed by atoms with E-state index < -0.39 is 6.09 Å². The van der Waals surface area contributed by atoms with Crippen molar-refractivity contribution < 1.29 is 13.9 Å². The van der Waals surface area contributed by atoms with Gasteiger partial charge in [-0.3, -0.25) is 5.43 Å². The zero-order valence-electron chi connectivity index (χ0n) is 5.83. The summed E-state index contributed by atoms with van der Waals surface area (Å²) in [6.07, 6.45) is 0.434. The molecular weight excluding hydrogens is 150 g/mol. The molecule has 0 fully saturated rings. The third-order valence-electron chi connectivity index (χ3n) is 0.913. The van der Waals surface area contributed by atoms with Crippen molar-refractivity contribution in [2.45, 2.75) is 6.92 Å². The van der Waals surface area contributed by atoms with E-state index in [0.29, 0.717) is 5.89 Å². The molecule has 1 heterocycles. The van der Waals surface area contributed by atoms with Crippen LogP contribution in [0, 0.1) is 6.92 Å². The van der Waals surface area contributed by atoms with Crippen molar-refractivity contribution in [2.75, 3.05) is 0 Å². The number of oxazole rings is 1. The predicted molar refractivity (Wildman–Crippen MR) is 34.6 cm³/mol. The number of rotatable bonds is 1. The molecule has 1 amide bonds. The second-order valence-electron chi connectivity index (χ2n) is 1.74. The SMILES string of the molecule is Cc1nc(OC(=O)NN)co1. The lowest BCUT2D eigenvalue weighted by Gasteiger charge is -1.95. The minimum absolute atomic E-state index is 0.0884. The number of aryl methyl sites for hydroxylation is 1. The molecule has 0 saturated heterocycles. The summed E-state index contributed by atoms with van der Waals surface area (Å²) in [5, 5.41) is 0. The molecule has 1 aromatic heterocycles. The molecule has 0 bridgehead atoms. The van der Waals surface area contributed by atoms with Crippen LogP contribution in [0.5, 0.6) is 5.88 Å². The number of aromatic nitrogens is 1. The van der Waals surface area contributed by atoms with Crippen LogP contribution in [0.1, 0.15) is 5.89 Å². The number of hydrogen-bond acceptors (Lipinski definition) is 5. The molecule has 0 spiro atoms. The van der Waals surface area contributed by atoms with Crippen molar-refractivity contribution in [2.24, 2.45) is 5.84 Å². The number of nitrogens with one attached hydrogen (secondary N) is 1. The van der Waals surface area contributed by atoms with Crippen molar-refractivity contribution in [3.8, 4) is 5.88 Å². The Morgan fingerprint density at radius 2 is 2.64 bits per heavy atom. The molecule has 6 heteroatoms. The second kappa shape index (κ2) is 3.02. The van der Waals surface area contributed by atoms with Gasteiger partial charge in [0.15, 0.2) is 12.2 Å². The normalized spacial score (nSPS) is 9.27.